The van der Waals surface area contributed by atoms with E-state index in [4.69, 9.17) is 21.7 Å². The average molecular weight is 318 g/mol. The minimum Gasteiger partial charge on any atom is -0.486 e. The fourth-order valence-electron chi connectivity index (χ4n) is 2.29. The molecule has 7 heteroatoms. The van der Waals surface area contributed by atoms with Crippen molar-refractivity contribution < 1.29 is 19.1 Å². The number of carbonyl (C=O) groups excluding carboxylic acids is 2. The first-order valence-corrected chi connectivity index (χ1v) is 7.11. The lowest BCUT2D eigenvalue weighted by atomic mass is 10.1. The number of thiocarbonyl (C=S) groups is 1. The molecule has 1 fully saturated rings. The second-order valence-electron chi connectivity index (χ2n) is 4.97. The molecule has 3 rings (SSSR count). The van der Waals surface area contributed by atoms with Crippen molar-refractivity contribution in [3.63, 3.8) is 0 Å². The standard InChI is InChI=1S/C15H14N2O4S/c1-16-13(18)10(14(19)17(2)15(16)22)7-9-3-4-11-12(8-9)21-6-5-20-11/h3-4,7-8H,5-6H2,1-2H3. The van der Waals surface area contributed by atoms with E-state index in [2.05, 4.69) is 0 Å². The SMILES string of the molecule is CN1C(=O)C(=Cc2ccc3c(c2)OCCO3)C(=O)N(C)C1=S. The lowest BCUT2D eigenvalue weighted by Crippen LogP contribution is -2.52. The largest absolute Gasteiger partial charge is 0.486 e. The van der Waals surface area contributed by atoms with Gasteiger partial charge in [-0.2, -0.15) is 0 Å². The van der Waals surface area contributed by atoms with E-state index in [9.17, 15) is 9.59 Å². The van der Waals surface area contributed by atoms with Gasteiger partial charge in [-0.3, -0.25) is 19.4 Å². The van der Waals surface area contributed by atoms with Gasteiger partial charge in [0.25, 0.3) is 11.8 Å². The van der Waals surface area contributed by atoms with Crippen LogP contribution in [0.25, 0.3) is 6.08 Å². The molecule has 6 nitrogen and oxygen atoms in total. The van der Waals surface area contributed by atoms with E-state index in [1.807, 2.05) is 0 Å². The molecule has 0 saturated carbocycles. The van der Waals surface area contributed by atoms with Gasteiger partial charge in [0.15, 0.2) is 16.6 Å². The first-order chi connectivity index (χ1) is 10.5. The van der Waals surface area contributed by atoms with Crippen LogP contribution in [0.3, 0.4) is 0 Å². The molecule has 0 atom stereocenters. The third-order valence-electron chi connectivity index (χ3n) is 3.52. The molecule has 1 aromatic rings. The Morgan fingerprint density at radius 2 is 1.64 bits per heavy atom. The van der Waals surface area contributed by atoms with Gasteiger partial charge in [0.05, 0.1) is 0 Å². The van der Waals surface area contributed by atoms with Gasteiger partial charge in [0.1, 0.15) is 18.8 Å². The van der Waals surface area contributed by atoms with Crippen LogP contribution in [-0.4, -0.2) is 54.0 Å². The minimum atomic E-state index is -0.414. The van der Waals surface area contributed by atoms with Crippen molar-refractivity contribution in [3.8, 4) is 11.5 Å². The van der Waals surface area contributed by atoms with Crippen LogP contribution in [0, 0.1) is 0 Å². The van der Waals surface area contributed by atoms with Gasteiger partial charge < -0.3 is 9.47 Å². The monoisotopic (exact) mass is 318 g/mol. The van der Waals surface area contributed by atoms with Crippen LogP contribution in [0.1, 0.15) is 5.56 Å². The van der Waals surface area contributed by atoms with E-state index >= 15 is 0 Å². The van der Waals surface area contributed by atoms with Crippen molar-refractivity contribution in [3.05, 3.63) is 29.3 Å². The number of fused-ring (bicyclic) bond motifs is 1. The Hall–Kier alpha value is -2.41. The van der Waals surface area contributed by atoms with E-state index in [1.165, 1.54) is 15.9 Å². The predicted octanol–water partition coefficient (Wildman–Crippen LogP) is 1.06. The van der Waals surface area contributed by atoms with Gasteiger partial charge in [-0.1, -0.05) is 6.07 Å². The third kappa shape index (κ3) is 2.33. The normalized spacial score (nSPS) is 17.9. The fraction of sp³-hybridized carbons (Fsp3) is 0.267. The Balaban J connectivity index is 1.98. The molecule has 0 bridgehead atoms. The van der Waals surface area contributed by atoms with Gasteiger partial charge >= 0.3 is 0 Å². The molecular formula is C15H14N2O4S. The highest BCUT2D eigenvalue weighted by Gasteiger charge is 2.35. The molecule has 0 radical (unpaired) electrons. The van der Waals surface area contributed by atoms with E-state index < -0.39 is 11.8 Å². The van der Waals surface area contributed by atoms with E-state index in [0.29, 0.717) is 30.3 Å². The van der Waals surface area contributed by atoms with Crippen molar-refractivity contribution in [2.75, 3.05) is 27.3 Å². The molecule has 2 heterocycles. The highest BCUT2D eigenvalue weighted by Crippen LogP contribution is 2.31. The maximum Gasteiger partial charge on any atom is 0.265 e. The molecule has 2 aliphatic heterocycles. The Kier molecular flexibility index (Phi) is 3.58. The van der Waals surface area contributed by atoms with Gasteiger partial charge in [-0.25, -0.2) is 0 Å². The lowest BCUT2D eigenvalue weighted by Gasteiger charge is -2.31. The van der Waals surface area contributed by atoms with Crippen LogP contribution >= 0.6 is 12.2 Å². The molecule has 22 heavy (non-hydrogen) atoms. The second kappa shape index (κ2) is 5.42. The number of carbonyl (C=O) groups is 2. The Bertz CT molecular complexity index is 687. The highest BCUT2D eigenvalue weighted by molar-refractivity contribution is 7.80. The summed E-state index contributed by atoms with van der Waals surface area (Å²) < 4.78 is 10.9. The minimum absolute atomic E-state index is 0.0651. The molecule has 0 spiro atoms. The first kappa shape index (κ1) is 14.5. The topological polar surface area (TPSA) is 59.1 Å². The smallest absolute Gasteiger partial charge is 0.265 e. The van der Waals surface area contributed by atoms with Crippen LogP contribution in [0.4, 0.5) is 0 Å². The zero-order chi connectivity index (χ0) is 15.9. The van der Waals surface area contributed by atoms with Crippen LogP contribution in [0.5, 0.6) is 11.5 Å². The molecule has 1 aromatic carbocycles. The maximum absolute atomic E-state index is 12.3. The zero-order valence-electron chi connectivity index (χ0n) is 12.2. The predicted molar refractivity (Wildman–Crippen MR) is 83.5 cm³/mol. The fourth-order valence-corrected chi connectivity index (χ4v) is 2.46. The number of hydrogen-bond acceptors (Lipinski definition) is 5. The van der Waals surface area contributed by atoms with Gasteiger partial charge in [0.2, 0.25) is 0 Å². The van der Waals surface area contributed by atoms with Gasteiger partial charge in [0, 0.05) is 14.1 Å². The number of rotatable bonds is 1. The Morgan fingerprint density at radius 3 is 2.27 bits per heavy atom. The van der Waals surface area contributed by atoms with Crippen LogP contribution < -0.4 is 9.47 Å². The summed E-state index contributed by atoms with van der Waals surface area (Å²) in [4.78, 5) is 27.1. The summed E-state index contributed by atoms with van der Waals surface area (Å²) in [5.41, 5.74) is 0.755. The average Bonchev–Trinajstić information content (AvgIpc) is 2.55. The lowest BCUT2D eigenvalue weighted by molar-refractivity contribution is -0.132. The van der Waals surface area contributed by atoms with Crippen LogP contribution in [-0.2, 0) is 9.59 Å². The molecule has 0 aliphatic carbocycles. The number of hydrogen-bond donors (Lipinski definition) is 0. The molecule has 0 N–H and O–H groups in total. The van der Waals surface area contributed by atoms with Crippen molar-refractivity contribution in [1.29, 1.82) is 0 Å². The van der Waals surface area contributed by atoms with Crippen molar-refractivity contribution in [1.82, 2.24) is 9.80 Å². The van der Waals surface area contributed by atoms with Gasteiger partial charge in [-0.05, 0) is 36.0 Å². The number of nitrogens with zero attached hydrogens (tertiary/aromatic N) is 2. The Labute approximate surface area is 132 Å². The summed E-state index contributed by atoms with van der Waals surface area (Å²) in [7, 11) is 3.09. The quantitative estimate of drug-likeness (QED) is 0.440. The number of amides is 2. The summed E-state index contributed by atoms with van der Waals surface area (Å²) >= 11 is 5.05. The number of benzene rings is 1. The molecule has 2 aliphatic rings. The summed E-state index contributed by atoms with van der Waals surface area (Å²) in [6, 6.07) is 5.28. The molecule has 114 valence electrons. The second-order valence-corrected chi connectivity index (χ2v) is 5.34. The zero-order valence-corrected chi connectivity index (χ0v) is 13.0. The Morgan fingerprint density at radius 1 is 1.05 bits per heavy atom. The van der Waals surface area contributed by atoms with Crippen molar-refractivity contribution in [2.45, 2.75) is 0 Å². The molecule has 0 unspecified atom stereocenters. The van der Waals surface area contributed by atoms with Gasteiger partial charge in [-0.15, -0.1) is 0 Å². The summed E-state index contributed by atoms with van der Waals surface area (Å²) in [6.07, 6.45) is 1.54. The third-order valence-corrected chi connectivity index (χ3v) is 4.07. The molecule has 0 aromatic heterocycles. The molecule has 2 amide bonds. The van der Waals surface area contributed by atoms with E-state index in [0.717, 1.165) is 0 Å². The van der Waals surface area contributed by atoms with Crippen molar-refractivity contribution in [2.24, 2.45) is 0 Å². The van der Waals surface area contributed by atoms with E-state index in [-0.39, 0.29) is 10.7 Å². The summed E-state index contributed by atoms with van der Waals surface area (Å²) in [5, 5.41) is 0.189. The number of ether oxygens (including phenoxy) is 2. The molecule has 1 saturated heterocycles. The number of likely N-dealkylation sites (N-methyl/N-ethyl adjacent to an activating group) is 2. The molecular weight excluding hydrogens is 304 g/mol. The summed E-state index contributed by atoms with van der Waals surface area (Å²) in [6.45, 7) is 0.988. The van der Waals surface area contributed by atoms with Crippen LogP contribution in [0.2, 0.25) is 0 Å². The van der Waals surface area contributed by atoms with Crippen molar-refractivity contribution >= 4 is 35.2 Å². The highest BCUT2D eigenvalue weighted by atomic mass is 32.1. The summed E-state index contributed by atoms with van der Waals surface area (Å²) in [5.74, 6) is 0.435. The van der Waals surface area contributed by atoms with Crippen LogP contribution in [0.15, 0.2) is 23.8 Å². The first-order valence-electron chi connectivity index (χ1n) is 6.70. The van der Waals surface area contributed by atoms with E-state index in [1.54, 1.807) is 32.3 Å². The maximum atomic E-state index is 12.3.